The van der Waals surface area contributed by atoms with Crippen LogP contribution in [0.3, 0.4) is 0 Å². The molecule has 0 aromatic carbocycles. The highest BCUT2D eigenvalue weighted by Gasteiger charge is 2.17. The van der Waals surface area contributed by atoms with Gasteiger partial charge in [-0.1, -0.05) is 13.8 Å². The molecule has 0 aliphatic rings. The zero-order chi connectivity index (χ0) is 7.49. The SMILES string of the molecule is CC(C)C[C@@](C)(N)C=O. The molecule has 0 saturated carbocycles. The van der Waals surface area contributed by atoms with E-state index in [4.69, 9.17) is 5.73 Å². The second-order valence-corrected chi connectivity index (χ2v) is 3.22. The fraction of sp³-hybridized carbons (Fsp3) is 0.857. The zero-order valence-electron chi connectivity index (χ0n) is 6.35. The van der Waals surface area contributed by atoms with Crippen molar-refractivity contribution in [3.8, 4) is 0 Å². The quantitative estimate of drug-likeness (QED) is 0.576. The van der Waals surface area contributed by atoms with Crippen LogP contribution < -0.4 is 5.73 Å². The Kier molecular flexibility index (Phi) is 2.85. The standard InChI is InChI=1S/C7H15NO/c1-6(2)4-7(3,8)5-9/h5-6H,4,8H2,1-3H3/t7-/m1/s1. The van der Waals surface area contributed by atoms with E-state index in [0.29, 0.717) is 5.92 Å². The molecule has 2 N–H and O–H groups in total. The first-order valence-corrected chi connectivity index (χ1v) is 3.23. The number of carbonyl (C=O) groups excluding carboxylic acids is 1. The molecule has 2 heteroatoms. The van der Waals surface area contributed by atoms with Gasteiger partial charge in [0.25, 0.3) is 0 Å². The molecular formula is C7H15NO. The number of carbonyl (C=O) groups is 1. The van der Waals surface area contributed by atoms with Crippen LogP contribution in [0.2, 0.25) is 0 Å². The Bertz CT molecular complexity index is 97.1. The van der Waals surface area contributed by atoms with Crippen molar-refractivity contribution in [2.75, 3.05) is 0 Å². The van der Waals surface area contributed by atoms with Crippen LogP contribution >= 0.6 is 0 Å². The molecule has 0 heterocycles. The van der Waals surface area contributed by atoms with Crippen LogP contribution in [-0.2, 0) is 4.79 Å². The Balaban J connectivity index is 3.71. The molecule has 54 valence electrons. The van der Waals surface area contributed by atoms with E-state index in [-0.39, 0.29) is 0 Å². The summed E-state index contributed by atoms with van der Waals surface area (Å²) in [6.45, 7) is 5.85. The fourth-order valence-electron chi connectivity index (χ4n) is 0.928. The first-order valence-electron chi connectivity index (χ1n) is 3.23. The van der Waals surface area contributed by atoms with Crippen molar-refractivity contribution in [1.29, 1.82) is 0 Å². The molecule has 0 unspecified atom stereocenters. The van der Waals surface area contributed by atoms with Gasteiger partial charge in [0.1, 0.15) is 6.29 Å². The minimum Gasteiger partial charge on any atom is -0.319 e. The molecule has 1 atom stereocenters. The van der Waals surface area contributed by atoms with Gasteiger partial charge in [-0.25, -0.2) is 0 Å². The van der Waals surface area contributed by atoms with Crippen molar-refractivity contribution in [2.45, 2.75) is 32.7 Å². The summed E-state index contributed by atoms with van der Waals surface area (Å²) in [5, 5.41) is 0. The average Bonchev–Trinajstić information content (AvgIpc) is 1.63. The highest BCUT2D eigenvalue weighted by atomic mass is 16.1. The van der Waals surface area contributed by atoms with Crippen molar-refractivity contribution >= 4 is 6.29 Å². The Morgan fingerprint density at radius 3 is 2.22 bits per heavy atom. The predicted octanol–water partition coefficient (Wildman–Crippen LogP) is 0.949. The van der Waals surface area contributed by atoms with Crippen LogP contribution in [0.5, 0.6) is 0 Å². The first-order chi connectivity index (χ1) is 3.98. The van der Waals surface area contributed by atoms with Crippen molar-refractivity contribution in [1.82, 2.24) is 0 Å². The maximum Gasteiger partial charge on any atom is 0.139 e. The van der Waals surface area contributed by atoms with Crippen LogP contribution in [0, 0.1) is 5.92 Å². The molecule has 0 spiro atoms. The predicted molar refractivity (Wildman–Crippen MR) is 38.1 cm³/mol. The first kappa shape index (κ1) is 8.63. The molecule has 0 fully saturated rings. The number of hydrogen-bond donors (Lipinski definition) is 1. The Morgan fingerprint density at radius 2 is 2.11 bits per heavy atom. The third-order valence-corrected chi connectivity index (χ3v) is 1.12. The molecule has 0 aromatic heterocycles. The van der Waals surface area contributed by atoms with Crippen molar-refractivity contribution in [2.24, 2.45) is 11.7 Å². The molecule has 0 aliphatic carbocycles. The van der Waals surface area contributed by atoms with E-state index in [1.54, 1.807) is 6.92 Å². The van der Waals surface area contributed by atoms with Gasteiger partial charge >= 0.3 is 0 Å². The zero-order valence-corrected chi connectivity index (χ0v) is 6.35. The maximum absolute atomic E-state index is 10.2. The number of hydrogen-bond acceptors (Lipinski definition) is 2. The summed E-state index contributed by atoms with van der Waals surface area (Å²) >= 11 is 0. The van der Waals surface area contributed by atoms with E-state index in [9.17, 15) is 4.79 Å². The molecule has 2 nitrogen and oxygen atoms in total. The summed E-state index contributed by atoms with van der Waals surface area (Å²) < 4.78 is 0. The molecule has 0 bridgehead atoms. The topological polar surface area (TPSA) is 43.1 Å². The monoisotopic (exact) mass is 129 g/mol. The minimum atomic E-state index is -0.617. The van der Waals surface area contributed by atoms with Gasteiger partial charge in [-0.2, -0.15) is 0 Å². The van der Waals surface area contributed by atoms with E-state index < -0.39 is 5.54 Å². The molecule has 0 aromatic rings. The van der Waals surface area contributed by atoms with Gasteiger partial charge < -0.3 is 10.5 Å². The number of rotatable bonds is 3. The van der Waals surface area contributed by atoms with E-state index in [0.717, 1.165) is 12.7 Å². The van der Waals surface area contributed by atoms with Crippen molar-refractivity contribution in [3.05, 3.63) is 0 Å². The molecule has 9 heavy (non-hydrogen) atoms. The Hall–Kier alpha value is -0.370. The third-order valence-electron chi connectivity index (χ3n) is 1.12. The van der Waals surface area contributed by atoms with Gasteiger partial charge in [-0.05, 0) is 19.3 Å². The lowest BCUT2D eigenvalue weighted by molar-refractivity contribution is -0.112. The lowest BCUT2D eigenvalue weighted by Crippen LogP contribution is -2.39. The van der Waals surface area contributed by atoms with Crippen LogP contribution in [0.4, 0.5) is 0 Å². The molecule has 0 saturated heterocycles. The summed E-state index contributed by atoms with van der Waals surface area (Å²) in [5.74, 6) is 0.491. The molecule has 0 amide bonds. The Labute approximate surface area is 56.4 Å². The minimum absolute atomic E-state index is 0.491. The van der Waals surface area contributed by atoms with Crippen LogP contribution in [0.15, 0.2) is 0 Å². The number of nitrogens with two attached hydrogens (primary N) is 1. The highest BCUT2D eigenvalue weighted by Crippen LogP contribution is 2.09. The van der Waals surface area contributed by atoms with Gasteiger partial charge in [0.2, 0.25) is 0 Å². The van der Waals surface area contributed by atoms with Gasteiger partial charge in [0.15, 0.2) is 0 Å². The van der Waals surface area contributed by atoms with Crippen LogP contribution in [0.1, 0.15) is 27.2 Å². The van der Waals surface area contributed by atoms with Crippen molar-refractivity contribution < 1.29 is 4.79 Å². The fourth-order valence-corrected chi connectivity index (χ4v) is 0.928. The van der Waals surface area contributed by atoms with E-state index in [1.807, 2.05) is 0 Å². The normalized spacial score (nSPS) is 17.4. The van der Waals surface area contributed by atoms with Gasteiger partial charge in [-0.15, -0.1) is 0 Å². The van der Waals surface area contributed by atoms with Crippen LogP contribution in [-0.4, -0.2) is 11.8 Å². The molecule has 0 radical (unpaired) electrons. The van der Waals surface area contributed by atoms with Gasteiger partial charge in [-0.3, -0.25) is 0 Å². The van der Waals surface area contributed by atoms with E-state index in [2.05, 4.69) is 13.8 Å². The highest BCUT2D eigenvalue weighted by molar-refractivity contribution is 5.62. The average molecular weight is 129 g/mol. The second-order valence-electron chi connectivity index (χ2n) is 3.22. The van der Waals surface area contributed by atoms with Crippen LogP contribution in [0.25, 0.3) is 0 Å². The van der Waals surface area contributed by atoms with Gasteiger partial charge in [0, 0.05) is 0 Å². The van der Waals surface area contributed by atoms with Crippen molar-refractivity contribution in [3.63, 3.8) is 0 Å². The van der Waals surface area contributed by atoms with E-state index in [1.165, 1.54) is 0 Å². The summed E-state index contributed by atoms with van der Waals surface area (Å²) in [6.07, 6.45) is 1.57. The number of aldehydes is 1. The van der Waals surface area contributed by atoms with Gasteiger partial charge in [0.05, 0.1) is 5.54 Å². The lowest BCUT2D eigenvalue weighted by Gasteiger charge is -2.18. The third kappa shape index (κ3) is 4.15. The van der Waals surface area contributed by atoms with E-state index >= 15 is 0 Å². The molecular weight excluding hydrogens is 114 g/mol. The molecule has 0 aliphatic heterocycles. The summed E-state index contributed by atoms with van der Waals surface area (Å²) in [6, 6.07) is 0. The smallest absolute Gasteiger partial charge is 0.139 e. The summed E-state index contributed by atoms with van der Waals surface area (Å²) in [4.78, 5) is 10.2. The second kappa shape index (κ2) is 2.97. The lowest BCUT2D eigenvalue weighted by atomic mass is 9.94. The summed E-state index contributed by atoms with van der Waals surface area (Å²) in [5.41, 5.74) is 4.93. The Morgan fingerprint density at radius 1 is 1.67 bits per heavy atom. The largest absolute Gasteiger partial charge is 0.319 e. The summed E-state index contributed by atoms with van der Waals surface area (Å²) in [7, 11) is 0. The molecule has 0 rings (SSSR count). The maximum atomic E-state index is 10.2.